The van der Waals surface area contributed by atoms with Crippen molar-refractivity contribution in [2.45, 2.75) is 35.8 Å². The summed E-state index contributed by atoms with van der Waals surface area (Å²) in [5.41, 5.74) is 6.40. The lowest BCUT2D eigenvalue weighted by Gasteiger charge is -2.39. The highest BCUT2D eigenvalue weighted by Gasteiger charge is 2.42. The van der Waals surface area contributed by atoms with Crippen molar-refractivity contribution in [2.75, 3.05) is 25.6 Å². The van der Waals surface area contributed by atoms with Gasteiger partial charge in [0.2, 0.25) is 0 Å². The molecule has 20 heavy (non-hydrogen) atoms. The quantitative estimate of drug-likeness (QED) is 0.867. The molecule has 2 aliphatic heterocycles. The van der Waals surface area contributed by atoms with Gasteiger partial charge in [-0.25, -0.2) is 0 Å². The topological polar surface area (TPSA) is 44.5 Å². The highest BCUT2D eigenvalue weighted by molar-refractivity contribution is 7.99. The summed E-state index contributed by atoms with van der Waals surface area (Å²) in [6.07, 6.45) is 3.17. The highest BCUT2D eigenvalue weighted by Crippen LogP contribution is 2.37. The Morgan fingerprint density at radius 1 is 1.30 bits per heavy atom. The van der Waals surface area contributed by atoms with Crippen molar-refractivity contribution in [3.05, 3.63) is 30.3 Å². The molecule has 0 aromatic heterocycles. The van der Waals surface area contributed by atoms with Gasteiger partial charge in [-0.05, 0) is 30.9 Å². The Hall–Kier alpha value is -0.550. The fourth-order valence-electron chi connectivity index (χ4n) is 3.14. The monoisotopic (exact) mass is 293 g/mol. The Bertz CT molecular complexity index is 420. The van der Waals surface area contributed by atoms with Crippen LogP contribution in [0, 0.1) is 5.92 Å². The van der Waals surface area contributed by atoms with Crippen molar-refractivity contribution in [1.29, 1.82) is 0 Å². The standard InChI is InChI=1S/C16H23NO2S/c17-15(11-20-14-4-2-1-3-5-14)13-6-8-19-16(10-13)7-9-18-12-16/h1-5,13,15H,6-12,17H2. The number of nitrogens with two attached hydrogens (primary N) is 1. The fourth-order valence-corrected chi connectivity index (χ4v) is 4.15. The second-order valence-corrected chi connectivity index (χ2v) is 6.97. The number of thioether (sulfide) groups is 1. The Balaban J connectivity index is 1.53. The van der Waals surface area contributed by atoms with Gasteiger partial charge in [0.1, 0.15) is 0 Å². The zero-order valence-corrected chi connectivity index (χ0v) is 12.6. The third-order valence-electron chi connectivity index (χ3n) is 4.39. The second kappa shape index (κ2) is 6.48. The Kier molecular flexibility index (Phi) is 4.66. The minimum atomic E-state index is -0.0298. The first-order valence-corrected chi connectivity index (χ1v) is 8.41. The van der Waals surface area contributed by atoms with Gasteiger partial charge in [-0.3, -0.25) is 0 Å². The van der Waals surface area contributed by atoms with Crippen molar-refractivity contribution < 1.29 is 9.47 Å². The first-order valence-electron chi connectivity index (χ1n) is 7.43. The van der Waals surface area contributed by atoms with Crippen LogP contribution in [0.5, 0.6) is 0 Å². The largest absolute Gasteiger partial charge is 0.378 e. The number of hydrogen-bond acceptors (Lipinski definition) is 4. The van der Waals surface area contributed by atoms with E-state index in [2.05, 4.69) is 24.3 Å². The molecule has 1 aromatic rings. The van der Waals surface area contributed by atoms with Gasteiger partial charge in [0.25, 0.3) is 0 Å². The summed E-state index contributed by atoms with van der Waals surface area (Å²) >= 11 is 1.86. The lowest BCUT2D eigenvalue weighted by atomic mass is 9.82. The average Bonchev–Trinajstić information content (AvgIpc) is 2.93. The maximum atomic E-state index is 6.43. The lowest BCUT2D eigenvalue weighted by Crippen LogP contribution is -2.46. The SMILES string of the molecule is NC(CSc1ccccc1)C1CCOC2(CCOC2)C1. The molecule has 3 nitrogen and oxygen atoms in total. The van der Waals surface area contributed by atoms with E-state index in [0.717, 1.165) is 44.8 Å². The molecule has 0 saturated carbocycles. The predicted molar refractivity (Wildman–Crippen MR) is 82.0 cm³/mol. The molecule has 1 aromatic carbocycles. The molecule has 3 atom stereocenters. The van der Waals surface area contributed by atoms with Crippen molar-refractivity contribution in [3.8, 4) is 0 Å². The molecular formula is C16H23NO2S. The maximum Gasteiger partial charge on any atom is 0.0939 e. The van der Waals surface area contributed by atoms with Crippen LogP contribution in [0.1, 0.15) is 19.3 Å². The van der Waals surface area contributed by atoms with Crippen LogP contribution in [0.4, 0.5) is 0 Å². The molecule has 3 unspecified atom stereocenters. The molecule has 4 heteroatoms. The van der Waals surface area contributed by atoms with Gasteiger partial charge in [-0.15, -0.1) is 11.8 Å². The smallest absolute Gasteiger partial charge is 0.0939 e. The van der Waals surface area contributed by atoms with Crippen LogP contribution in [0.25, 0.3) is 0 Å². The molecule has 2 aliphatic rings. The summed E-state index contributed by atoms with van der Waals surface area (Å²) in [6, 6.07) is 10.7. The van der Waals surface area contributed by atoms with E-state index in [-0.39, 0.29) is 11.6 Å². The minimum absolute atomic E-state index is 0.0298. The molecule has 0 radical (unpaired) electrons. The Morgan fingerprint density at radius 3 is 2.90 bits per heavy atom. The van der Waals surface area contributed by atoms with Crippen molar-refractivity contribution >= 4 is 11.8 Å². The Labute approximate surface area is 125 Å². The van der Waals surface area contributed by atoms with Crippen LogP contribution in [-0.4, -0.2) is 37.2 Å². The fraction of sp³-hybridized carbons (Fsp3) is 0.625. The summed E-state index contributed by atoms with van der Waals surface area (Å²) in [5.74, 6) is 1.53. The normalized spacial score (nSPS) is 31.6. The van der Waals surface area contributed by atoms with E-state index < -0.39 is 0 Å². The van der Waals surface area contributed by atoms with Crippen LogP contribution in [0.3, 0.4) is 0 Å². The van der Waals surface area contributed by atoms with E-state index in [4.69, 9.17) is 15.2 Å². The van der Waals surface area contributed by atoms with Crippen LogP contribution >= 0.6 is 11.8 Å². The van der Waals surface area contributed by atoms with E-state index in [0.29, 0.717) is 5.92 Å². The van der Waals surface area contributed by atoms with Gasteiger partial charge in [0.15, 0.2) is 0 Å². The third kappa shape index (κ3) is 3.37. The van der Waals surface area contributed by atoms with Crippen LogP contribution < -0.4 is 5.73 Å². The average molecular weight is 293 g/mol. The first kappa shape index (κ1) is 14.4. The molecule has 1 spiro atoms. The van der Waals surface area contributed by atoms with E-state index in [1.807, 2.05) is 17.8 Å². The molecular weight excluding hydrogens is 270 g/mol. The first-order chi connectivity index (χ1) is 9.77. The second-order valence-electron chi connectivity index (χ2n) is 5.87. The van der Waals surface area contributed by atoms with Crippen LogP contribution in [0.2, 0.25) is 0 Å². The maximum absolute atomic E-state index is 6.43. The molecule has 2 heterocycles. The minimum Gasteiger partial charge on any atom is -0.378 e. The highest BCUT2D eigenvalue weighted by atomic mass is 32.2. The van der Waals surface area contributed by atoms with Crippen molar-refractivity contribution in [1.82, 2.24) is 0 Å². The van der Waals surface area contributed by atoms with Crippen LogP contribution in [0.15, 0.2) is 35.2 Å². The summed E-state index contributed by atoms with van der Waals surface area (Å²) in [5, 5.41) is 0. The third-order valence-corrected chi connectivity index (χ3v) is 5.55. The van der Waals surface area contributed by atoms with Gasteiger partial charge in [-0.2, -0.15) is 0 Å². The number of hydrogen-bond donors (Lipinski definition) is 1. The summed E-state index contributed by atoms with van der Waals surface area (Å²) in [4.78, 5) is 1.30. The van der Waals surface area contributed by atoms with E-state index in [1.165, 1.54) is 4.90 Å². The molecule has 0 bridgehead atoms. The molecule has 2 N–H and O–H groups in total. The van der Waals surface area contributed by atoms with Gasteiger partial charge in [0.05, 0.1) is 12.2 Å². The zero-order chi connectivity index (χ0) is 13.8. The Morgan fingerprint density at radius 2 is 2.15 bits per heavy atom. The number of benzene rings is 1. The lowest BCUT2D eigenvalue weighted by molar-refractivity contribution is -0.100. The summed E-state index contributed by atoms with van der Waals surface area (Å²) in [7, 11) is 0. The predicted octanol–water partition coefficient (Wildman–Crippen LogP) is 2.69. The van der Waals surface area contributed by atoms with Gasteiger partial charge < -0.3 is 15.2 Å². The summed E-state index contributed by atoms with van der Waals surface area (Å²) in [6.45, 7) is 2.42. The zero-order valence-electron chi connectivity index (χ0n) is 11.8. The molecule has 3 rings (SSSR count). The van der Waals surface area contributed by atoms with Gasteiger partial charge in [0, 0.05) is 36.3 Å². The van der Waals surface area contributed by atoms with Gasteiger partial charge >= 0.3 is 0 Å². The molecule has 2 fully saturated rings. The molecule has 0 aliphatic carbocycles. The molecule has 110 valence electrons. The van der Waals surface area contributed by atoms with E-state index in [1.54, 1.807) is 0 Å². The molecule has 0 amide bonds. The van der Waals surface area contributed by atoms with Crippen molar-refractivity contribution in [3.63, 3.8) is 0 Å². The number of rotatable bonds is 4. The molecule has 2 saturated heterocycles. The summed E-state index contributed by atoms with van der Waals surface area (Å²) < 4.78 is 11.5. The van der Waals surface area contributed by atoms with Crippen LogP contribution in [-0.2, 0) is 9.47 Å². The van der Waals surface area contributed by atoms with E-state index >= 15 is 0 Å². The van der Waals surface area contributed by atoms with Gasteiger partial charge in [-0.1, -0.05) is 18.2 Å². The van der Waals surface area contributed by atoms with Crippen molar-refractivity contribution in [2.24, 2.45) is 11.7 Å². The van der Waals surface area contributed by atoms with E-state index in [9.17, 15) is 0 Å². The number of ether oxygens (including phenoxy) is 2.